The summed E-state index contributed by atoms with van der Waals surface area (Å²) >= 11 is 6.25. The average Bonchev–Trinajstić information content (AvgIpc) is 3.74. The summed E-state index contributed by atoms with van der Waals surface area (Å²) in [7, 11) is 0. The van der Waals surface area contributed by atoms with Crippen LogP contribution in [0.2, 0.25) is 5.02 Å². The predicted octanol–water partition coefficient (Wildman–Crippen LogP) is 5.81. The van der Waals surface area contributed by atoms with Crippen LogP contribution >= 0.6 is 11.6 Å². The van der Waals surface area contributed by atoms with Crippen molar-refractivity contribution in [2.45, 2.75) is 44.1 Å². The molecule has 3 aromatic carbocycles. The van der Waals surface area contributed by atoms with Gasteiger partial charge in [0.1, 0.15) is 17.3 Å². The zero-order chi connectivity index (χ0) is 26.1. The van der Waals surface area contributed by atoms with Gasteiger partial charge in [0.05, 0.1) is 29.6 Å². The van der Waals surface area contributed by atoms with E-state index in [-0.39, 0.29) is 29.8 Å². The van der Waals surface area contributed by atoms with E-state index in [0.717, 1.165) is 41.8 Å². The smallest absolute Gasteiger partial charge is 0.256 e. The van der Waals surface area contributed by atoms with E-state index in [4.69, 9.17) is 21.3 Å². The molecule has 7 heteroatoms. The number of rotatable bonds is 6. The number of carbonyl (C=O) groups is 1. The molecule has 0 unspecified atom stereocenters. The molecule has 0 atom stereocenters. The first kappa shape index (κ1) is 24.4. The molecule has 1 aliphatic carbocycles. The van der Waals surface area contributed by atoms with E-state index in [0.29, 0.717) is 35.1 Å². The number of hydrogen-bond donors (Lipinski definition) is 1. The van der Waals surface area contributed by atoms with E-state index < -0.39 is 0 Å². The number of hydrogen-bond acceptors (Lipinski definition) is 4. The number of H-pyrrole nitrogens is 1. The molecule has 0 radical (unpaired) electrons. The molecule has 6 rings (SSSR count). The number of amides is 1. The van der Waals surface area contributed by atoms with E-state index in [1.54, 1.807) is 4.90 Å². The number of nitrogens with one attached hydrogen (secondary N) is 1. The van der Waals surface area contributed by atoms with Crippen molar-refractivity contribution in [1.29, 1.82) is 0 Å². The molecule has 0 saturated heterocycles. The monoisotopic (exact) mass is 525 g/mol. The second kappa shape index (κ2) is 10.1. The molecule has 1 saturated carbocycles. The first-order valence-electron chi connectivity index (χ1n) is 13.0. The molecule has 1 amide bonds. The highest BCUT2D eigenvalue weighted by Crippen LogP contribution is 2.52. The highest BCUT2D eigenvalue weighted by Gasteiger charge is 2.48. The molecule has 2 heterocycles. The Balaban J connectivity index is 1.19. The van der Waals surface area contributed by atoms with Gasteiger partial charge in [0.25, 0.3) is 5.56 Å². The van der Waals surface area contributed by atoms with Gasteiger partial charge in [-0.2, -0.15) is 0 Å². The third kappa shape index (κ3) is 4.96. The molecule has 4 aromatic rings. The van der Waals surface area contributed by atoms with Crippen LogP contribution in [0.3, 0.4) is 0 Å². The Morgan fingerprint density at radius 3 is 2.58 bits per heavy atom. The molecule has 0 spiro atoms. The summed E-state index contributed by atoms with van der Waals surface area (Å²) in [6.07, 6.45) is 3.51. The number of aryl methyl sites for hydroxylation is 1. The Labute approximate surface area is 226 Å². The highest BCUT2D eigenvalue weighted by atomic mass is 35.5. The quantitative estimate of drug-likeness (QED) is 0.344. The van der Waals surface area contributed by atoms with Crippen LogP contribution in [-0.2, 0) is 29.6 Å². The molecule has 192 valence electrons. The second-order valence-corrected chi connectivity index (χ2v) is 10.5. The van der Waals surface area contributed by atoms with Gasteiger partial charge in [0, 0.05) is 11.6 Å². The minimum absolute atomic E-state index is 0.0178. The van der Waals surface area contributed by atoms with Crippen molar-refractivity contribution >= 4 is 17.5 Å². The molecular formula is C31H28ClN3O3. The number of carbonyl (C=O) groups excluding carboxylic acids is 1. The highest BCUT2D eigenvalue weighted by molar-refractivity contribution is 6.30. The van der Waals surface area contributed by atoms with Crippen LogP contribution in [0.25, 0.3) is 0 Å². The lowest BCUT2D eigenvalue weighted by Crippen LogP contribution is -2.34. The van der Waals surface area contributed by atoms with Crippen molar-refractivity contribution in [3.63, 3.8) is 0 Å². The average molecular weight is 526 g/mol. The maximum atomic E-state index is 13.3. The van der Waals surface area contributed by atoms with Crippen molar-refractivity contribution in [2.24, 2.45) is 0 Å². The van der Waals surface area contributed by atoms with E-state index in [1.165, 1.54) is 0 Å². The Morgan fingerprint density at radius 2 is 1.79 bits per heavy atom. The number of benzene rings is 3. The first-order valence-corrected chi connectivity index (χ1v) is 13.4. The molecule has 38 heavy (non-hydrogen) atoms. The van der Waals surface area contributed by atoms with Gasteiger partial charge in [0.15, 0.2) is 0 Å². The van der Waals surface area contributed by atoms with Crippen molar-refractivity contribution in [3.8, 4) is 11.5 Å². The lowest BCUT2D eigenvalue weighted by molar-refractivity contribution is -0.131. The number of nitrogens with zero attached hydrogens (tertiary/aromatic N) is 2. The number of aromatic nitrogens is 2. The first-order chi connectivity index (χ1) is 18.5. The molecule has 1 fully saturated rings. The minimum atomic E-state index is -0.284. The summed E-state index contributed by atoms with van der Waals surface area (Å²) in [5.74, 6) is 2.12. The zero-order valence-corrected chi connectivity index (χ0v) is 21.7. The maximum Gasteiger partial charge on any atom is 0.256 e. The number of aromatic amines is 1. The molecule has 2 aliphatic rings. The fourth-order valence-corrected chi connectivity index (χ4v) is 5.45. The lowest BCUT2D eigenvalue weighted by atomic mass is 9.94. The fraction of sp³-hybridized carbons (Fsp3) is 0.258. The van der Waals surface area contributed by atoms with Crippen LogP contribution in [-0.4, -0.2) is 27.3 Å². The van der Waals surface area contributed by atoms with Gasteiger partial charge in [0.2, 0.25) is 5.91 Å². The summed E-state index contributed by atoms with van der Waals surface area (Å²) in [6, 6.07) is 24.9. The summed E-state index contributed by atoms with van der Waals surface area (Å²) < 4.78 is 5.92. The van der Waals surface area contributed by atoms with Gasteiger partial charge in [-0.05, 0) is 73.2 Å². The van der Waals surface area contributed by atoms with Crippen LogP contribution < -0.4 is 10.3 Å². The van der Waals surface area contributed by atoms with E-state index in [9.17, 15) is 9.59 Å². The SMILES string of the molecule is O=C(Cc1cccc(Oc2ccccc2)c1)N1CCCc2nc(C3(c4cccc(Cl)c4)CC3)[nH]c(=O)c2C1. The molecular weight excluding hydrogens is 498 g/mol. The Morgan fingerprint density at radius 1 is 1.00 bits per heavy atom. The summed E-state index contributed by atoms with van der Waals surface area (Å²) in [5.41, 5.74) is 2.89. The van der Waals surface area contributed by atoms with Crippen LogP contribution in [0, 0.1) is 0 Å². The molecule has 1 aliphatic heterocycles. The topological polar surface area (TPSA) is 75.3 Å². The number of ether oxygens (including phenoxy) is 1. The standard InChI is InChI=1S/C31H28ClN3O3/c32-23-9-5-8-22(19-23)31(14-15-31)30-33-27-13-6-16-35(20-26(27)29(37)34-30)28(36)18-21-7-4-12-25(17-21)38-24-10-2-1-3-11-24/h1-5,7-12,17,19H,6,13-16,18,20H2,(H,33,34,37). The predicted molar refractivity (Wildman–Crippen MR) is 147 cm³/mol. The van der Waals surface area contributed by atoms with E-state index in [1.807, 2.05) is 78.9 Å². The maximum absolute atomic E-state index is 13.3. The van der Waals surface area contributed by atoms with Crippen molar-refractivity contribution in [2.75, 3.05) is 6.54 Å². The Kier molecular flexibility index (Phi) is 6.50. The zero-order valence-electron chi connectivity index (χ0n) is 21.0. The van der Waals surface area contributed by atoms with Gasteiger partial charge in [-0.15, -0.1) is 0 Å². The number of halogens is 1. The molecule has 1 N–H and O–H groups in total. The third-order valence-electron chi connectivity index (χ3n) is 7.46. The second-order valence-electron chi connectivity index (χ2n) is 10.1. The normalized spacial score (nSPS) is 15.9. The van der Waals surface area contributed by atoms with Crippen LogP contribution in [0.5, 0.6) is 11.5 Å². The van der Waals surface area contributed by atoms with Gasteiger partial charge < -0.3 is 14.6 Å². The van der Waals surface area contributed by atoms with Crippen LogP contribution in [0.15, 0.2) is 83.7 Å². The number of fused-ring (bicyclic) bond motifs is 1. The molecule has 6 nitrogen and oxygen atoms in total. The van der Waals surface area contributed by atoms with E-state index >= 15 is 0 Å². The van der Waals surface area contributed by atoms with Crippen molar-refractivity contribution in [3.05, 3.63) is 122 Å². The molecule has 0 bridgehead atoms. The largest absolute Gasteiger partial charge is 0.457 e. The Hall–Kier alpha value is -3.90. The Bertz CT molecular complexity index is 1550. The lowest BCUT2D eigenvalue weighted by Gasteiger charge is -2.21. The van der Waals surface area contributed by atoms with Crippen molar-refractivity contribution in [1.82, 2.24) is 14.9 Å². The van der Waals surface area contributed by atoms with E-state index in [2.05, 4.69) is 4.98 Å². The summed E-state index contributed by atoms with van der Waals surface area (Å²) in [6.45, 7) is 0.852. The van der Waals surface area contributed by atoms with Crippen molar-refractivity contribution < 1.29 is 9.53 Å². The minimum Gasteiger partial charge on any atom is -0.457 e. The van der Waals surface area contributed by atoms with Gasteiger partial charge >= 0.3 is 0 Å². The van der Waals surface area contributed by atoms with Gasteiger partial charge in [-0.25, -0.2) is 4.98 Å². The van der Waals surface area contributed by atoms with Gasteiger partial charge in [-0.3, -0.25) is 9.59 Å². The van der Waals surface area contributed by atoms with Crippen LogP contribution in [0.4, 0.5) is 0 Å². The molecule has 1 aromatic heterocycles. The van der Waals surface area contributed by atoms with Gasteiger partial charge in [-0.1, -0.05) is 54.1 Å². The van der Waals surface area contributed by atoms with Crippen LogP contribution in [0.1, 0.15) is 47.5 Å². The number of para-hydroxylation sites is 1. The third-order valence-corrected chi connectivity index (χ3v) is 7.69. The summed E-state index contributed by atoms with van der Waals surface area (Å²) in [5, 5.41) is 0.678. The fourth-order valence-electron chi connectivity index (χ4n) is 5.26. The summed E-state index contributed by atoms with van der Waals surface area (Å²) in [4.78, 5) is 36.4.